The van der Waals surface area contributed by atoms with Gasteiger partial charge in [0.25, 0.3) is 13.4 Å². The molecular weight excluding hydrogens is 1250 g/mol. The van der Waals surface area contributed by atoms with Crippen LogP contribution in [-0.2, 0) is 0 Å². The van der Waals surface area contributed by atoms with Gasteiger partial charge in [0.1, 0.15) is 0 Å². The molecule has 0 fully saturated rings. The quantitative estimate of drug-likeness (QED) is 0.113. The summed E-state index contributed by atoms with van der Waals surface area (Å²) in [6.45, 7) is -0.324. The van der Waals surface area contributed by atoms with Crippen molar-refractivity contribution < 1.29 is 0 Å². The van der Waals surface area contributed by atoms with Gasteiger partial charge in [-0.2, -0.15) is 0 Å². The van der Waals surface area contributed by atoms with E-state index in [9.17, 15) is 0 Å². The average molecular weight is 1310 g/mol. The summed E-state index contributed by atoms with van der Waals surface area (Å²) >= 11 is 3.77. The molecule has 4 aliphatic heterocycles. The van der Waals surface area contributed by atoms with Crippen LogP contribution < -0.4 is 62.2 Å². The number of hydrogen-bond donors (Lipinski definition) is 0. The molecule has 0 amide bonds. The van der Waals surface area contributed by atoms with E-state index in [0.29, 0.717) is 0 Å². The Bertz CT molecular complexity index is 5320. The van der Waals surface area contributed by atoms with Crippen LogP contribution in [0.15, 0.2) is 364 Å². The second-order valence-electron chi connectivity index (χ2n) is 25.9. The Kier molecular flexibility index (Phi) is 13.7. The maximum Gasteiger partial charge on any atom is 0.253 e. The number of hydrogen-bond acceptors (Lipinski definition) is 8. The first-order chi connectivity index (χ1) is 49.7. The van der Waals surface area contributed by atoms with E-state index >= 15 is 0 Å². The Morgan fingerprint density at radius 2 is 0.490 bits per heavy atom. The fraction of sp³-hybridized carbons (Fsp3) is 0. The zero-order valence-corrected chi connectivity index (χ0v) is 55.9. The number of nitrogens with zero attached hydrogens (tertiary/aromatic N) is 6. The summed E-state index contributed by atoms with van der Waals surface area (Å²) in [7, 11) is 0. The van der Waals surface area contributed by atoms with E-state index in [-0.39, 0.29) is 13.4 Å². The standard InChI is InChI=1S/C90H60B2N6S2/c1-11-31-61(32-12-1)83-59-77-89(99-83)97(69-47-27-9-28-48-69)81-57-71(93(63-35-15-3-16-36-63)64-37-17-4-18-38-64)55-79-85(81)91(77)75-53-51-74-73(87(75)95(79)67-43-23-7-24-44-67)52-54-76-88(74)96(68-45-25-8-26-46-68)80-56-72(94(65-39-19-5-20-40-65)66-41-21-6-22-42-66)58-82-86(80)92(76)78-60-84(62-33-13-2-14-34-62)100-90(78)98(82)70-49-29-10-30-50-70/h1-60H. The van der Waals surface area contributed by atoms with Crippen LogP contribution in [0.4, 0.5) is 101 Å². The highest BCUT2D eigenvalue weighted by Gasteiger charge is 2.49. The minimum atomic E-state index is -0.162. The van der Waals surface area contributed by atoms with Crippen LogP contribution in [0, 0.1) is 0 Å². The normalized spacial score (nSPS) is 12.9. The first-order valence-electron chi connectivity index (χ1n) is 34.2. The van der Waals surface area contributed by atoms with E-state index in [1.54, 1.807) is 0 Å². The van der Waals surface area contributed by atoms with Gasteiger partial charge in [0.15, 0.2) is 0 Å². The molecule has 4 aliphatic rings. The van der Waals surface area contributed by atoms with E-state index in [1.165, 1.54) is 85.8 Å². The molecule has 20 rings (SSSR count). The molecule has 0 radical (unpaired) electrons. The van der Waals surface area contributed by atoms with Crippen LogP contribution in [0.5, 0.6) is 0 Å². The molecular formula is C90H60B2N6S2. The summed E-state index contributed by atoms with van der Waals surface area (Å²) < 4.78 is 0. The molecule has 16 aromatic rings. The molecule has 468 valence electrons. The van der Waals surface area contributed by atoms with Crippen molar-refractivity contribution >= 4 is 181 Å². The van der Waals surface area contributed by atoms with Crippen molar-refractivity contribution in [2.24, 2.45) is 0 Å². The van der Waals surface area contributed by atoms with Gasteiger partial charge in [-0.15, -0.1) is 22.7 Å². The van der Waals surface area contributed by atoms with Crippen LogP contribution in [0.3, 0.4) is 0 Å². The first kappa shape index (κ1) is 57.9. The molecule has 0 spiro atoms. The van der Waals surface area contributed by atoms with Crippen LogP contribution >= 0.6 is 22.7 Å². The fourth-order valence-corrected chi connectivity index (χ4v) is 18.7. The predicted molar refractivity (Wildman–Crippen MR) is 428 cm³/mol. The van der Waals surface area contributed by atoms with Crippen LogP contribution in [0.25, 0.3) is 31.7 Å². The lowest BCUT2D eigenvalue weighted by atomic mass is 9.33. The molecule has 14 aromatic carbocycles. The summed E-state index contributed by atoms with van der Waals surface area (Å²) in [5, 5.41) is 4.75. The van der Waals surface area contributed by atoms with Crippen molar-refractivity contribution in [3.8, 4) is 20.9 Å². The van der Waals surface area contributed by atoms with Gasteiger partial charge in [0.2, 0.25) is 0 Å². The third-order valence-corrected chi connectivity index (χ3v) is 22.7. The number of anilines is 18. The molecule has 6 nitrogen and oxygen atoms in total. The Hall–Kier alpha value is -12.3. The second-order valence-corrected chi connectivity index (χ2v) is 28.0. The Balaban J connectivity index is 0.910. The van der Waals surface area contributed by atoms with Crippen molar-refractivity contribution in [2.75, 3.05) is 29.4 Å². The minimum absolute atomic E-state index is 0.162. The highest BCUT2D eigenvalue weighted by atomic mass is 32.1. The van der Waals surface area contributed by atoms with Crippen molar-refractivity contribution in [1.82, 2.24) is 0 Å². The second kappa shape index (κ2) is 23.7. The van der Waals surface area contributed by atoms with Gasteiger partial charge < -0.3 is 29.4 Å². The molecule has 0 saturated carbocycles. The monoisotopic (exact) mass is 1310 g/mol. The van der Waals surface area contributed by atoms with Gasteiger partial charge in [0.05, 0.1) is 21.4 Å². The summed E-state index contributed by atoms with van der Waals surface area (Å²) in [6.07, 6.45) is 0. The smallest absolute Gasteiger partial charge is 0.253 e. The number of thiophene rings is 2. The zero-order valence-electron chi connectivity index (χ0n) is 54.3. The van der Waals surface area contributed by atoms with E-state index in [1.807, 2.05) is 22.7 Å². The Morgan fingerprint density at radius 1 is 0.230 bits per heavy atom. The molecule has 0 N–H and O–H groups in total. The SMILES string of the molecule is c1ccc(-c2cc3c(s2)N(c2ccccc2)c2cc(N(c4ccccc4)c4ccccc4)cc4c2B3c2ccc3c5c(ccc3c2N4c2ccccc2)B2c3cc(-c4ccccc4)sc3N(c3ccccc3)c3cc(N(c4ccccc4)c4ccccc4)cc(c32)N5c2ccccc2)cc1. The number of para-hydroxylation sites is 8. The number of rotatable bonds is 12. The lowest BCUT2D eigenvalue weighted by Gasteiger charge is -2.45. The summed E-state index contributed by atoms with van der Waals surface area (Å²) in [4.78, 5) is 17.7. The van der Waals surface area contributed by atoms with Crippen molar-refractivity contribution in [1.29, 1.82) is 0 Å². The number of benzene rings is 14. The molecule has 10 heteroatoms. The van der Waals surface area contributed by atoms with Gasteiger partial charge in [-0.3, -0.25) is 0 Å². The van der Waals surface area contributed by atoms with Crippen LogP contribution in [0.2, 0.25) is 0 Å². The topological polar surface area (TPSA) is 19.4 Å². The minimum Gasteiger partial charge on any atom is -0.311 e. The molecule has 6 heterocycles. The highest BCUT2D eigenvalue weighted by Crippen LogP contribution is 2.55. The Morgan fingerprint density at radius 3 is 0.790 bits per heavy atom. The molecule has 0 bridgehead atoms. The lowest BCUT2D eigenvalue weighted by Crippen LogP contribution is -2.61. The molecule has 0 aliphatic carbocycles. The molecule has 2 aromatic heterocycles. The van der Waals surface area contributed by atoms with Gasteiger partial charge in [-0.25, -0.2) is 0 Å². The maximum atomic E-state index is 2.62. The first-order valence-corrected chi connectivity index (χ1v) is 35.8. The Labute approximate surface area is 590 Å². The average Bonchev–Trinajstić information content (AvgIpc) is 1.10. The summed E-state index contributed by atoms with van der Waals surface area (Å²) in [5.74, 6) is 0. The van der Waals surface area contributed by atoms with Crippen LogP contribution in [-0.4, -0.2) is 13.4 Å². The number of fused-ring (bicyclic) bond motifs is 11. The molecule has 100 heavy (non-hydrogen) atoms. The molecule has 0 atom stereocenters. The van der Waals surface area contributed by atoms with Gasteiger partial charge in [-0.05, 0) is 177 Å². The molecule has 0 unspecified atom stereocenters. The van der Waals surface area contributed by atoms with E-state index in [0.717, 1.165) is 79.6 Å². The lowest BCUT2D eigenvalue weighted by molar-refractivity contribution is 1.23. The van der Waals surface area contributed by atoms with Crippen LogP contribution in [0.1, 0.15) is 0 Å². The van der Waals surface area contributed by atoms with E-state index in [2.05, 4.69) is 393 Å². The molecule has 0 saturated heterocycles. The summed E-state index contributed by atoms with van der Waals surface area (Å²) in [5.41, 5.74) is 27.7. The third kappa shape index (κ3) is 9.25. The van der Waals surface area contributed by atoms with Crippen molar-refractivity contribution in [3.63, 3.8) is 0 Å². The maximum absolute atomic E-state index is 2.62. The largest absolute Gasteiger partial charge is 0.311 e. The summed E-state index contributed by atoms with van der Waals surface area (Å²) in [6, 6.07) is 135. The van der Waals surface area contributed by atoms with Gasteiger partial charge in [-0.1, -0.05) is 231 Å². The third-order valence-electron chi connectivity index (χ3n) is 20.3. The van der Waals surface area contributed by atoms with Gasteiger partial charge >= 0.3 is 0 Å². The van der Waals surface area contributed by atoms with Gasteiger partial charge in [0, 0.05) is 100 Å². The van der Waals surface area contributed by atoms with Crippen molar-refractivity contribution in [2.45, 2.75) is 0 Å². The van der Waals surface area contributed by atoms with E-state index < -0.39 is 0 Å². The van der Waals surface area contributed by atoms with E-state index in [4.69, 9.17) is 0 Å². The van der Waals surface area contributed by atoms with Crippen molar-refractivity contribution in [3.05, 3.63) is 364 Å². The fourth-order valence-electron chi connectivity index (χ4n) is 16.2. The highest BCUT2D eigenvalue weighted by molar-refractivity contribution is 7.23. The zero-order chi connectivity index (χ0) is 65.8. The predicted octanol–water partition coefficient (Wildman–Crippen LogP) is 21.4.